The van der Waals surface area contributed by atoms with E-state index in [1.807, 2.05) is 24.3 Å². The van der Waals surface area contributed by atoms with Crippen molar-refractivity contribution in [2.45, 2.75) is 135 Å². The normalized spacial score (nSPS) is 21.4. The fraction of sp³-hybridized carbons (Fsp3) is 0.719. The van der Waals surface area contributed by atoms with Gasteiger partial charge in [-0.1, -0.05) is 80.5 Å². The highest BCUT2D eigenvalue weighted by Gasteiger charge is 2.49. The Morgan fingerprint density at radius 1 is 0.805 bits per heavy atom. The van der Waals surface area contributed by atoms with Gasteiger partial charge >= 0.3 is 5.97 Å². The predicted octanol–water partition coefficient (Wildman–Crippen LogP) is 9.23. The SMILES string of the molecule is COC(=O)c1ccccc1[C@@H]1C=C(O[Si](C)(C)C(C)(C)C)[C@H](O[Si](C)(C)C(C)(C)C)[C@@H](CO[Si](C)(C)C(C)(C)C)O1. The Morgan fingerprint density at radius 3 is 1.80 bits per heavy atom. The molecular weight excluding hydrogens is 565 g/mol. The second-order valence-corrected chi connectivity index (χ2v) is 30.3. The molecule has 0 aliphatic carbocycles. The van der Waals surface area contributed by atoms with Gasteiger partial charge in [-0.2, -0.15) is 0 Å². The van der Waals surface area contributed by atoms with Crippen LogP contribution in [-0.2, 0) is 22.8 Å². The number of hydrogen-bond donors (Lipinski definition) is 0. The minimum Gasteiger partial charge on any atom is -0.545 e. The van der Waals surface area contributed by atoms with Crippen LogP contribution in [0.15, 0.2) is 36.1 Å². The highest BCUT2D eigenvalue weighted by molar-refractivity contribution is 6.75. The van der Waals surface area contributed by atoms with E-state index in [4.69, 9.17) is 22.8 Å². The van der Waals surface area contributed by atoms with Crippen LogP contribution in [0.4, 0.5) is 0 Å². The average molecular weight is 623 g/mol. The minimum absolute atomic E-state index is 0.00570. The third-order valence-corrected chi connectivity index (χ3v) is 23.1. The molecule has 0 saturated heterocycles. The van der Waals surface area contributed by atoms with Gasteiger partial charge in [0.2, 0.25) is 8.32 Å². The molecule has 0 spiro atoms. The molecule has 2 rings (SSSR count). The Kier molecular flexibility index (Phi) is 10.9. The Bertz CT molecular complexity index is 1090. The third kappa shape index (κ3) is 8.44. The average Bonchev–Trinajstić information content (AvgIpc) is 2.81. The van der Waals surface area contributed by atoms with Crippen molar-refractivity contribution in [2.24, 2.45) is 0 Å². The first-order chi connectivity index (χ1) is 18.3. The molecule has 1 heterocycles. The number of ether oxygens (including phenoxy) is 2. The lowest BCUT2D eigenvalue weighted by Crippen LogP contribution is -2.54. The maximum absolute atomic E-state index is 12.8. The molecule has 1 aliphatic rings. The van der Waals surface area contributed by atoms with Crippen molar-refractivity contribution in [1.82, 2.24) is 0 Å². The summed E-state index contributed by atoms with van der Waals surface area (Å²) in [4.78, 5) is 12.8. The maximum Gasteiger partial charge on any atom is 0.338 e. The number of benzene rings is 1. The molecular formula is C32H58O6Si3. The van der Waals surface area contributed by atoms with E-state index in [-0.39, 0.29) is 15.1 Å². The Labute approximate surface area is 253 Å². The molecule has 234 valence electrons. The van der Waals surface area contributed by atoms with Gasteiger partial charge in [-0.3, -0.25) is 0 Å². The largest absolute Gasteiger partial charge is 0.545 e. The summed E-state index contributed by atoms with van der Waals surface area (Å²) in [5.41, 5.74) is 1.23. The zero-order valence-corrected chi connectivity index (χ0v) is 31.8. The quantitative estimate of drug-likeness (QED) is 0.202. The summed E-state index contributed by atoms with van der Waals surface area (Å²) < 4.78 is 33.0. The molecule has 1 aromatic carbocycles. The molecule has 0 radical (unpaired) electrons. The van der Waals surface area contributed by atoms with Gasteiger partial charge in [0.15, 0.2) is 16.6 Å². The highest BCUT2D eigenvalue weighted by Crippen LogP contribution is 2.45. The Morgan fingerprint density at radius 2 is 1.32 bits per heavy atom. The summed E-state index contributed by atoms with van der Waals surface area (Å²) in [5.74, 6) is 0.402. The van der Waals surface area contributed by atoms with Gasteiger partial charge in [0.25, 0.3) is 0 Å². The molecule has 9 heteroatoms. The van der Waals surface area contributed by atoms with Crippen LogP contribution in [0.25, 0.3) is 0 Å². The lowest BCUT2D eigenvalue weighted by atomic mass is 9.97. The molecule has 3 atom stereocenters. The van der Waals surface area contributed by atoms with Gasteiger partial charge in [0, 0.05) is 0 Å². The van der Waals surface area contributed by atoms with Gasteiger partial charge in [-0.05, 0) is 72.1 Å². The number of hydrogen-bond acceptors (Lipinski definition) is 6. The summed E-state index contributed by atoms with van der Waals surface area (Å²) >= 11 is 0. The van der Waals surface area contributed by atoms with Crippen molar-refractivity contribution in [3.05, 3.63) is 47.2 Å². The number of carbonyl (C=O) groups is 1. The van der Waals surface area contributed by atoms with Crippen LogP contribution in [0.5, 0.6) is 0 Å². The lowest BCUT2D eigenvalue weighted by molar-refractivity contribution is -0.0908. The van der Waals surface area contributed by atoms with E-state index in [0.29, 0.717) is 12.2 Å². The molecule has 0 saturated carbocycles. The standard InChI is InChI=1S/C32H58O6Si3/c1-30(2,3)39(11,12)35-22-27-28(38-41(15,16)32(7,8)9)26(37-40(13,14)31(4,5)6)21-25(36-27)23-19-17-18-20-24(23)29(33)34-10/h17-21,25,27-28H,22H2,1-16H3/t25-,27+,28-/m0/s1. The second kappa shape index (κ2) is 12.4. The van der Waals surface area contributed by atoms with E-state index in [9.17, 15) is 4.79 Å². The molecule has 0 unspecified atom stereocenters. The molecule has 0 amide bonds. The molecule has 0 fully saturated rings. The van der Waals surface area contributed by atoms with Gasteiger partial charge in [0.05, 0.1) is 19.3 Å². The second-order valence-electron chi connectivity index (χ2n) is 16.0. The van der Waals surface area contributed by atoms with Gasteiger partial charge < -0.3 is 22.8 Å². The summed E-state index contributed by atoms with van der Waals surface area (Å²) in [6, 6.07) is 7.48. The number of carbonyl (C=O) groups excluding carboxylic acids is 1. The smallest absolute Gasteiger partial charge is 0.338 e. The highest BCUT2D eigenvalue weighted by atomic mass is 28.4. The van der Waals surface area contributed by atoms with Crippen molar-refractivity contribution in [3.63, 3.8) is 0 Å². The Hall–Kier alpha value is -1.24. The van der Waals surface area contributed by atoms with Crippen LogP contribution in [0.3, 0.4) is 0 Å². The van der Waals surface area contributed by atoms with Crippen LogP contribution >= 0.6 is 0 Å². The monoisotopic (exact) mass is 622 g/mol. The first-order valence-electron chi connectivity index (χ1n) is 14.9. The summed E-state index contributed by atoms with van der Waals surface area (Å²) in [7, 11) is -5.20. The topological polar surface area (TPSA) is 63.2 Å². The lowest BCUT2D eigenvalue weighted by Gasteiger charge is -2.47. The van der Waals surface area contributed by atoms with E-state index in [2.05, 4.69) is 102 Å². The van der Waals surface area contributed by atoms with Crippen molar-refractivity contribution in [2.75, 3.05) is 13.7 Å². The van der Waals surface area contributed by atoms with Crippen LogP contribution in [-0.4, -0.2) is 56.8 Å². The van der Waals surface area contributed by atoms with Crippen LogP contribution < -0.4 is 0 Å². The Balaban J connectivity index is 2.74. The molecule has 6 nitrogen and oxygen atoms in total. The van der Waals surface area contributed by atoms with Gasteiger partial charge in [0.1, 0.15) is 24.1 Å². The summed E-state index contributed by atoms with van der Waals surface area (Å²) in [6.45, 7) is 34.1. The van der Waals surface area contributed by atoms with Crippen LogP contribution in [0, 0.1) is 0 Å². The fourth-order valence-electron chi connectivity index (χ4n) is 3.73. The summed E-state index contributed by atoms with van der Waals surface area (Å²) in [6.07, 6.45) is 0.676. The molecule has 0 aromatic heterocycles. The van der Waals surface area contributed by atoms with Gasteiger partial charge in [-0.25, -0.2) is 4.79 Å². The van der Waals surface area contributed by atoms with E-state index < -0.39 is 49.2 Å². The first kappa shape index (κ1) is 36.0. The zero-order valence-electron chi connectivity index (χ0n) is 28.8. The maximum atomic E-state index is 12.8. The third-order valence-electron chi connectivity index (χ3n) is 9.75. The molecule has 41 heavy (non-hydrogen) atoms. The van der Waals surface area contributed by atoms with E-state index >= 15 is 0 Å². The van der Waals surface area contributed by atoms with E-state index in [1.165, 1.54) is 7.11 Å². The molecule has 1 aliphatic heterocycles. The summed E-state index contributed by atoms with van der Waals surface area (Å²) in [5, 5.41) is 0.0269. The molecule has 0 bridgehead atoms. The van der Waals surface area contributed by atoms with Crippen molar-refractivity contribution in [1.29, 1.82) is 0 Å². The van der Waals surface area contributed by atoms with E-state index in [1.54, 1.807) is 6.07 Å². The van der Waals surface area contributed by atoms with Crippen LogP contribution in [0.1, 0.15) is 84.3 Å². The van der Waals surface area contributed by atoms with Gasteiger partial charge in [-0.15, -0.1) is 0 Å². The molecule has 0 N–H and O–H groups in total. The predicted molar refractivity (Wildman–Crippen MR) is 177 cm³/mol. The van der Waals surface area contributed by atoms with E-state index in [0.717, 1.165) is 11.3 Å². The minimum atomic E-state index is -2.26. The van der Waals surface area contributed by atoms with Crippen LogP contribution in [0.2, 0.25) is 54.4 Å². The fourth-order valence-corrected chi connectivity index (χ4v) is 7.08. The zero-order chi connectivity index (χ0) is 31.8. The van der Waals surface area contributed by atoms with Crippen molar-refractivity contribution in [3.8, 4) is 0 Å². The van der Waals surface area contributed by atoms with Crippen molar-refractivity contribution < 1.29 is 27.5 Å². The first-order valence-corrected chi connectivity index (χ1v) is 23.6. The van der Waals surface area contributed by atoms with Crippen molar-refractivity contribution >= 4 is 30.9 Å². The molecule has 1 aromatic rings. The number of esters is 1. The number of rotatable bonds is 9. The number of methoxy groups -OCH3 is 1.